The lowest BCUT2D eigenvalue weighted by molar-refractivity contribution is -0.684. The molecule has 3 heterocycles. The summed E-state index contributed by atoms with van der Waals surface area (Å²) in [7, 11) is -10.4. The van der Waals surface area contributed by atoms with Crippen molar-refractivity contribution in [3.63, 3.8) is 0 Å². The fourth-order valence-electron chi connectivity index (χ4n) is 7.39. The second kappa shape index (κ2) is 17.5. The van der Waals surface area contributed by atoms with Crippen LogP contribution in [0.3, 0.4) is 0 Å². The molecule has 322 valence electrons. The van der Waals surface area contributed by atoms with Crippen molar-refractivity contribution in [2.75, 3.05) is 37.1 Å². The van der Waals surface area contributed by atoms with E-state index in [1.54, 1.807) is 59.3 Å². The number of anilines is 1. The highest BCUT2D eigenvalue weighted by Gasteiger charge is 2.45. The maximum atomic E-state index is 13.1. The van der Waals surface area contributed by atoms with Crippen LogP contribution in [0, 0.1) is 0 Å². The molecule has 2 aliphatic rings. The van der Waals surface area contributed by atoms with Gasteiger partial charge < -0.3 is 10.0 Å². The number of carbonyl (C=O) groups is 2. The third kappa shape index (κ3) is 10.4. The van der Waals surface area contributed by atoms with Gasteiger partial charge in [-0.3, -0.25) is 23.3 Å². The number of hydroxylamine groups is 2. The zero-order valence-corrected chi connectivity index (χ0v) is 36.0. The number of benzene rings is 2. The molecule has 60 heavy (non-hydrogen) atoms. The molecule has 1 aromatic heterocycles. The molecule has 1 amide bonds. The summed E-state index contributed by atoms with van der Waals surface area (Å²) in [4.78, 5) is 36.1. The number of fused-ring (bicyclic) bond motifs is 2. The van der Waals surface area contributed by atoms with Gasteiger partial charge in [-0.2, -0.15) is 25.3 Å². The number of rotatable bonds is 17. The maximum absolute atomic E-state index is 13.1. The molecule has 2 aliphatic heterocycles. The van der Waals surface area contributed by atoms with Crippen LogP contribution >= 0.6 is 0 Å². The van der Waals surface area contributed by atoms with E-state index in [0.717, 1.165) is 5.06 Å². The van der Waals surface area contributed by atoms with Crippen LogP contribution in [0.4, 0.5) is 11.5 Å². The van der Waals surface area contributed by atoms with E-state index >= 15 is 0 Å². The molecule has 2 aromatic carbocycles. The van der Waals surface area contributed by atoms with Gasteiger partial charge in [0.15, 0.2) is 5.71 Å². The zero-order valence-electron chi connectivity index (χ0n) is 33.5. The van der Waals surface area contributed by atoms with Crippen molar-refractivity contribution in [2.45, 2.75) is 62.3 Å². The normalized spacial score (nSPS) is 18.3. The molecular weight excluding hydrogens is 841 g/mol. The monoisotopic (exact) mass is 887 g/mol. The largest absolute Gasteiger partial charge is 0.478 e. The van der Waals surface area contributed by atoms with Gasteiger partial charge in [-0.15, -0.1) is 0 Å². The average molecular weight is 888 g/mol. The fraction of sp³-hybridized carbons (Fsp3) is 0.350. The number of amides is 1. The van der Waals surface area contributed by atoms with Gasteiger partial charge in [0.2, 0.25) is 0 Å². The lowest BCUT2D eigenvalue weighted by atomic mass is 9.76. The number of carboxylic acid groups (broad SMARTS) is 1. The van der Waals surface area contributed by atoms with Gasteiger partial charge in [0.1, 0.15) is 6.20 Å². The molecule has 5 rings (SSSR count). The Morgan fingerprint density at radius 2 is 1.52 bits per heavy atom. The lowest BCUT2D eigenvalue weighted by Crippen LogP contribution is -2.38. The minimum Gasteiger partial charge on any atom is -0.478 e. The first-order valence-electron chi connectivity index (χ1n) is 18.5. The topological polar surface area (TPSA) is 249 Å². The molecule has 0 spiro atoms. The van der Waals surface area contributed by atoms with E-state index in [9.17, 15) is 53.6 Å². The predicted octanol–water partition coefficient (Wildman–Crippen LogP) is 4.49. The standard InChI is InChI=1S/C40H46N4O13S3/c1-39(2)32-23-29(37(45)42(4)57-5)26-43(19-9-21-58(48,49)50)36(32)41-34(39)11-7-6-8-12-35-40(3,25-27-13-15-28(16-14-27)38(46)47)31-24-30(60(54,55)56)17-18-33(31)44(35)20-10-22-59(51,52)53/h6-8,11-18,23-24,26H,9-10,19-22,25H2,1-5H3,(H3-,46,47,48,49,50,51,52,53,54,55,56)/p+1. The molecule has 0 fully saturated rings. The highest BCUT2D eigenvalue weighted by Crippen LogP contribution is 2.50. The van der Waals surface area contributed by atoms with Crippen molar-refractivity contribution in [1.29, 1.82) is 0 Å². The van der Waals surface area contributed by atoms with Crippen molar-refractivity contribution in [3.8, 4) is 0 Å². The van der Waals surface area contributed by atoms with Crippen molar-refractivity contribution < 1.29 is 63.0 Å². The molecule has 1 atom stereocenters. The highest BCUT2D eigenvalue weighted by molar-refractivity contribution is 7.86. The summed E-state index contributed by atoms with van der Waals surface area (Å²) in [6.07, 6.45) is 10.6. The van der Waals surface area contributed by atoms with E-state index in [4.69, 9.17) is 9.83 Å². The Morgan fingerprint density at radius 1 is 0.867 bits per heavy atom. The zero-order chi connectivity index (χ0) is 44.4. The number of hydrogen-bond acceptors (Lipinski definition) is 11. The molecule has 0 saturated carbocycles. The first kappa shape index (κ1) is 46.0. The first-order chi connectivity index (χ1) is 27.9. The van der Waals surface area contributed by atoms with Crippen LogP contribution in [0.25, 0.3) is 0 Å². The SMILES string of the molecule is CON(C)C(=O)c1cc2c([n+](CCCS(=O)(=O)O)c1)N=C(/C=C/C=C/C=C1/N(CCCS(=O)(=O)O)c3ccc(S(=O)(=O)O)cc3C1(C)Cc1ccc(C(=O)O)cc1)C2(C)C. The van der Waals surface area contributed by atoms with Crippen LogP contribution < -0.4 is 9.47 Å². The van der Waals surface area contributed by atoms with Gasteiger partial charge in [0.25, 0.3) is 36.3 Å². The molecule has 0 saturated heterocycles. The predicted molar refractivity (Wildman–Crippen MR) is 222 cm³/mol. The van der Waals surface area contributed by atoms with Crippen LogP contribution in [0.2, 0.25) is 0 Å². The summed E-state index contributed by atoms with van der Waals surface area (Å²) in [6, 6.07) is 12.0. The van der Waals surface area contributed by atoms with Crippen LogP contribution in [-0.2, 0) is 59.0 Å². The minimum absolute atomic E-state index is 0.00299. The molecular formula is C40H47N4O13S3+. The number of carboxylic acids is 1. The first-order valence-corrected chi connectivity index (χ1v) is 23.2. The summed E-state index contributed by atoms with van der Waals surface area (Å²) in [5, 5.41) is 10.5. The Kier molecular flexibility index (Phi) is 13.4. The van der Waals surface area contributed by atoms with Crippen LogP contribution in [-0.4, -0.2) is 98.9 Å². The lowest BCUT2D eigenvalue weighted by Gasteiger charge is -2.30. The van der Waals surface area contributed by atoms with Gasteiger partial charge in [0.05, 0.1) is 52.2 Å². The summed E-state index contributed by atoms with van der Waals surface area (Å²) in [5.41, 5.74) is 2.25. The molecule has 3 aromatic rings. The Bertz CT molecular complexity index is 2660. The van der Waals surface area contributed by atoms with Crippen LogP contribution in [0.1, 0.15) is 71.0 Å². The average Bonchev–Trinajstić information content (AvgIpc) is 3.54. The van der Waals surface area contributed by atoms with E-state index < -0.39 is 64.6 Å². The number of aryl methyl sites for hydroxylation is 1. The van der Waals surface area contributed by atoms with E-state index in [0.29, 0.717) is 39.6 Å². The smallest absolute Gasteiger partial charge is 0.335 e. The number of pyridine rings is 1. The maximum Gasteiger partial charge on any atom is 0.335 e. The molecule has 0 bridgehead atoms. The van der Waals surface area contributed by atoms with E-state index in [1.807, 2.05) is 25.7 Å². The highest BCUT2D eigenvalue weighted by atomic mass is 32.2. The Balaban J connectivity index is 1.55. The molecule has 4 N–H and O–H groups in total. The van der Waals surface area contributed by atoms with Crippen LogP contribution in [0.5, 0.6) is 0 Å². The van der Waals surface area contributed by atoms with Gasteiger partial charge in [-0.05, 0) is 98.3 Å². The summed E-state index contributed by atoms with van der Waals surface area (Å²) in [5.74, 6) is -2.09. The third-order valence-corrected chi connectivity index (χ3v) is 13.0. The Hall–Kier alpha value is -5.09. The molecule has 0 radical (unpaired) electrons. The third-order valence-electron chi connectivity index (χ3n) is 10.5. The fourth-order valence-corrected chi connectivity index (χ4v) is 8.88. The van der Waals surface area contributed by atoms with Crippen molar-refractivity contribution >= 4 is 59.4 Å². The summed E-state index contributed by atoms with van der Waals surface area (Å²) < 4.78 is 101. The minimum atomic E-state index is -4.63. The molecule has 1 unspecified atom stereocenters. The Morgan fingerprint density at radius 3 is 2.12 bits per heavy atom. The number of carbonyl (C=O) groups excluding carboxylic acids is 1. The number of aliphatic imine (C=N–C) groups is 1. The summed E-state index contributed by atoms with van der Waals surface area (Å²) in [6.45, 7) is 5.91. The van der Waals surface area contributed by atoms with Gasteiger partial charge in [0, 0.05) is 36.8 Å². The molecule has 0 aliphatic carbocycles. The van der Waals surface area contributed by atoms with Crippen molar-refractivity contribution in [2.24, 2.45) is 4.99 Å². The van der Waals surface area contributed by atoms with Gasteiger partial charge >= 0.3 is 11.8 Å². The van der Waals surface area contributed by atoms with E-state index in [-0.39, 0.29) is 48.4 Å². The van der Waals surface area contributed by atoms with Gasteiger partial charge in [-0.25, -0.2) is 14.4 Å². The quantitative estimate of drug-likeness (QED) is 0.0632. The van der Waals surface area contributed by atoms with Crippen LogP contribution in [0.15, 0.2) is 101 Å². The number of aromatic nitrogens is 1. The molecule has 20 heteroatoms. The van der Waals surface area contributed by atoms with Crippen molar-refractivity contribution in [1.82, 2.24) is 5.06 Å². The number of allylic oxidation sites excluding steroid dienone is 6. The van der Waals surface area contributed by atoms with Gasteiger partial charge in [-0.1, -0.05) is 30.4 Å². The van der Waals surface area contributed by atoms with E-state index in [1.165, 1.54) is 44.5 Å². The number of aromatic carboxylic acids is 1. The van der Waals surface area contributed by atoms with Crippen molar-refractivity contribution in [3.05, 3.63) is 119 Å². The van der Waals surface area contributed by atoms with E-state index in [2.05, 4.69) is 0 Å². The molecule has 17 nitrogen and oxygen atoms in total. The summed E-state index contributed by atoms with van der Waals surface area (Å²) >= 11 is 0. The number of hydrogen-bond donors (Lipinski definition) is 4. The second-order valence-corrected chi connectivity index (χ2v) is 19.7. The second-order valence-electron chi connectivity index (χ2n) is 15.2. The Labute approximate surface area is 349 Å². The number of nitrogens with zero attached hydrogens (tertiary/aromatic N) is 4.